The highest BCUT2D eigenvalue weighted by molar-refractivity contribution is 5.64. The van der Waals surface area contributed by atoms with Crippen LogP contribution in [-0.2, 0) is 21.4 Å². The molecule has 6 heteroatoms. The Morgan fingerprint density at radius 2 is 2.21 bits per heavy atom. The second kappa shape index (κ2) is 4.36. The molecule has 6 atom stereocenters. The molecule has 1 aromatic rings. The number of ether oxygens (including phenoxy) is 5. The molecule has 5 aliphatic rings. The van der Waals surface area contributed by atoms with E-state index < -0.39 is 0 Å². The first kappa shape index (κ1) is 13.8. The molecule has 128 valence electrons. The summed E-state index contributed by atoms with van der Waals surface area (Å²) in [5.74, 6) is 2.41. The Morgan fingerprint density at radius 3 is 3.04 bits per heavy atom. The lowest BCUT2D eigenvalue weighted by atomic mass is 9.62. The summed E-state index contributed by atoms with van der Waals surface area (Å²) >= 11 is 0. The zero-order valence-corrected chi connectivity index (χ0v) is 13.9. The zero-order chi connectivity index (χ0) is 16.1. The summed E-state index contributed by atoms with van der Waals surface area (Å²) < 4.78 is 29.0. The van der Waals surface area contributed by atoms with Crippen molar-refractivity contribution in [3.8, 4) is 17.2 Å². The first-order chi connectivity index (χ1) is 11.8. The van der Waals surface area contributed by atoms with Gasteiger partial charge in [0.1, 0.15) is 6.10 Å². The number of nitrogens with zero attached hydrogens (tertiary/aromatic N) is 1. The molecule has 1 saturated carbocycles. The van der Waals surface area contributed by atoms with E-state index in [2.05, 4.69) is 11.0 Å². The Bertz CT molecular complexity index is 737. The maximum atomic E-state index is 6.16. The SMILES string of the molecule is COc1c2c(cc3c1OCO3)[C@@]13CCN(C2)[C@@H]1C[C@@H](OC)[C@@H]1O[C@@H]13. The fraction of sp³-hybridized carbons (Fsp3) is 0.667. The average molecular weight is 331 g/mol. The number of hydrogen-bond donors (Lipinski definition) is 0. The molecule has 24 heavy (non-hydrogen) atoms. The van der Waals surface area contributed by atoms with Crippen LogP contribution in [0, 0.1) is 0 Å². The summed E-state index contributed by atoms with van der Waals surface area (Å²) in [4.78, 5) is 2.58. The average Bonchev–Trinajstić information content (AvgIpc) is 3.20. The molecule has 0 aromatic heterocycles. The van der Waals surface area contributed by atoms with Gasteiger partial charge in [0.2, 0.25) is 12.5 Å². The number of rotatable bonds is 2. The monoisotopic (exact) mass is 331 g/mol. The number of fused-ring (bicyclic) bond motifs is 3. The summed E-state index contributed by atoms with van der Waals surface area (Å²) in [7, 11) is 3.52. The highest BCUT2D eigenvalue weighted by Gasteiger charge is 2.70. The van der Waals surface area contributed by atoms with Crippen molar-refractivity contribution in [3.63, 3.8) is 0 Å². The minimum absolute atomic E-state index is 0.0432. The standard InChI is InChI=1S/C18H21NO5/c1-20-11-6-13-18(17-16(11)24-17)3-4-19(13)7-9-10(18)5-12-15(14(9)21-2)23-8-22-12/h5,11,13,16-17H,3-4,6-8H2,1-2H3/t11-,13-,16+,17+,18+/m1/s1. The van der Waals surface area contributed by atoms with E-state index in [1.165, 1.54) is 11.1 Å². The third kappa shape index (κ3) is 1.40. The van der Waals surface area contributed by atoms with Gasteiger partial charge in [-0.05, 0) is 31.0 Å². The highest BCUT2D eigenvalue weighted by Crippen LogP contribution is 2.63. The van der Waals surface area contributed by atoms with Gasteiger partial charge in [0.05, 0.1) is 19.3 Å². The van der Waals surface area contributed by atoms with Gasteiger partial charge < -0.3 is 23.7 Å². The number of methoxy groups -OCH3 is 2. The Balaban J connectivity index is 1.57. The van der Waals surface area contributed by atoms with Crippen LogP contribution in [0.15, 0.2) is 6.07 Å². The van der Waals surface area contributed by atoms with E-state index in [0.29, 0.717) is 6.04 Å². The highest BCUT2D eigenvalue weighted by atomic mass is 16.7. The van der Waals surface area contributed by atoms with Gasteiger partial charge in [0.25, 0.3) is 0 Å². The van der Waals surface area contributed by atoms with Crippen LogP contribution < -0.4 is 14.2 Å². The van der Waals surface area contributed by atoms with Gasteiger partial charge in [0, 0.05) is 30.7 Å². The minimum atomic E-state index is 0.0432. The third-order valence-electron chi connectivity index (χ3n) is 6.80. The minimum Gasteiger partial charge on any atom is -0.492 e. The first-order valence-electron chi connectivity index (χ1n) is 8.70. The van der Waals surface area contributed by atoms with Gasteiger partial charge in [-0.2, -0.15) is 0 Å². The van der Waals surface area contributed by atoms with Gasteiger partial charge >= 0.3 is 0 Å². The van der Waals surface area contributed by atoms with Crippen molar-refractivity contribution in [3.05, 3.63) is 17.2 Å². The predicted octanol–water partition coefficient (Wildman–Crippen LogP) is 1.44. The second-order valence-electron chi connectivity index (χ2n) is 7.48. The molecular weight excluding hydrogens is 310 g/mol. The van der Waals surface area contributed by atoms with Gasteiger partial charge in [-0.1, -0.05) is 0 Å². The molecule has 4 aliphatic heterocycles. The Hall–Kier alpha value is -1.50. The summed E-state index contributed by atoms with van der Waals surface area (Å²) in [5, 5.41) is 0. The molecule has 0 spiro atoms. The molecule has 0 N–H and O–H groups in total. The van der Waals surface area contributed by atoms with Crippen molar-refractivity contribution in [2.45, 2.75) is 49.2 Å². The smallest absolute Gasteiger partial charge is 0.231 e. The normalized spacial score (nSPS) is 43.0. The van der Waals surface area contributed by atoms with Crippen molar-refractivity contribution < 1.29 is 23.7 Å². The van der Waals surface area contributed by atoms with Crippen LogP contribution >= 0.6 is 0 Å². The largest absolute Gasteiger partial charge is 0.492 e. The molecule has 1 aromatic carbocycles. The Morgan fingerprint density at radius 1 is 1.29 bits per heavy atom. The maximum Gasteiger partial charge on any atom is 0.231 e. The molecule has 0 amide bonds. The van der Waals surface area contributed by atoms with Gasteiger partial charge in [-0.3, -0.25) is 4.90 Å². The van der Waals surface area contributed by atoms with Gasteiger partial charge in [0.15, 0.2) is 11.5 Å². The first-order valence-corrected chi connectivity index (χ1v) is 8.70. The quantitative estimate of drug-likeness (QED) is 0.765. The van der Waals surface area contributed by atoms with E-state index in [0.717, 1.165) is 43.2 Å². The molecule has 1 unspecified atom stereocenters. The van der Waals surface area contributed by atoms with E-state index in [9.17, 15) is 0 Å². The summed E-state index contributed by atoms with van der Waals surface area (Å²) in [5.41, 5.74) is 2.65. The van der Waals surface area contributed by atoms with Crippen molar-refractivity contribution >= 4 is 0 Å². The molecule has 3 fully saturated rings. The third-order valence-corrected chi connectivity index (χ3v) is 6.80. The van der Waals surface area contributed by atoms with E-state index in [4.69, 9.17) is 23.7 Å². The van der Waals surface area contributed by atoms with Gasteiger partial charge in [-0.15, -0.1) is 0 Å². The number of hydrogen-bond acceptors (Lipinski definition) is 6. The summed E-state index contributed by atoms with van der Waals surface area (Å²) in [6.45, 7) is 2.26. The number of epoxide rings is 1. The molecule has 4 heterocycles. The predicted molar refractivity (Wildman–Crippen MR) is 83.7 cm³/mol. The zero-order valence-electron chi connectivity index (χ0n) is 13.9. The van der Waals surface area contributed by atoms with Crippen LogP contribution in [0.25, 0.3) is 0 Å². The van der Waals surface area contributed by atoms with Crippen LogP contribution in [0.2, 0.25) is 0 Å². The summed E-state index contributed by atoms with van der Waals surface area (Å²) in [6, 6.07) is 2.67. The molecule has 0 radical (unpaired) electrons. The number of benzene rings is 1. The van der Waals surface area contributed by atoms with E-state index in [1.54, 1.807) is 14.2 Å². The molecular formula is C18H21NO5. The Kier molecular flexibility index (Phi) is 2.50. The van der Waals surface area contributed by atoms with Crippen molar-refractivity contribution in [2.75, 3.05) is 27.6 Å². The van der Waals surface area contributed by atoms with Crippen LogP contribution in [0.4, 0.5) is 0 Å². The van der Waals surface area contributed by atoms with Gasteiger partial charge in [-0.25, -0.2) is 0 Å². The molecule has 1 aliphatic carbocycles. The van der Waals surface area contributed by atoms with E-state index >= 15 is 0 Å². The maximum absolute atomic E-state index is 6.16. The van der Waals surface area contributed by atoms with Crippen molar-refractivity contribution in [1.82, 2.24) is 4.90 Å². The lowest BCUT2D eigenvalue weighted by molar-refractivity contribution is 0.0248. The molecule has 6 nitrogen and oxygen atoms in total. The second-order valence-corrected chi connectivity index (χ2v) is 7.48. The topological polar surface area (TPSA) is 52.7 Å². The summed E-state index contributed by atoms with van der Waals surface area (Å²) in [6.07, 6.45) is 2.86. The van der Waals surface area contributed by atoms with Crippen LogP contribution in [0.5, 0.6) is 17.2 Å². The Labute approximate surface area is 140 Å². The lowest BCUT2D eigenvalue weighted by Crippen LogP contribution is -2.56. The van der Waals surface area contributed by atoms with Crippen LogP contribution in [-0.4, -0.2) is 56.8 Å². The molecule has 2 saturated heterocycles. The lowest BCUT2D eigenvalue weighted by Gasteiger charge is -2.47. The molecule has 2 bridgehead atoms. The fourth-order valence-corrected chi connectivity index (χ4v) is 5.77. The van der Waals surface area contributed by atoms with E-state index in [1.807, 2.05) is 0 Å². The fourth-order valence-electron chi connectivity index (χ4n) is 5.77. The molecule has 6 rings (SSSR count). The van der Waals surface area contributed by atoms with Crippen LogP contribution in [0.3, 0.4) is 0 Å². The van der Waals surface area contributed by atoms with Crippen LogP contribution in [0.1, 0.15) is 24.0 Å². The van der Waals surface area contributed by atoms with Crippen molar-refractivity contribution in [1.29, 1.82) is 0 Å². The van der Waals surface area contributed by atoms with Crippen molar-refractivity contribution in [2.24, 2.45) is 0 Å². The van der Waals surface area contributed by atoms with E-state index in [-0.39, 0.29) is 30.5 Å².